The van der Waals surface area contributed by atoms with E-state index >= 15 is 0 Å². The predicted molar refractivity (Wildman–Crippen MR) is 41.0 cm³/mol. The summed E-state index contributed by atoms with van der Waals surface area (Å²) in [5.74, 6) is 0.613. The van der Waals surface area contributed by atoms with Crippen LogP contribution in [0.3, 0.4) is 0 Å². The molecule has 0 N–H and O–H groups in total. The van der Waals surface area contributed by atoms with Gasteiger partial charge in [0.1, 0.15) is 10.9 Å². The topological polar surface area (TPSA) is 35.0 Å². The monoisotopic (exact) mass is 202 g/mol. The molecule has 0 aliphatic heterocycles. The second-order valence-electron chi connectivity index (χ2n) is 1.80. The van der Waals surface area contributed by atoms with E-state index in [0.29, 0.717) is 5.88 Å². The molecule has 0 fully saturated rings. The van der Waals surface area contributed by atoms with Crippen LogP contribution in [0.2, 0.25) is 0 Å². The molecule has 1 heterocycles. The van der Waals surface area contributed by atoms with Gasteiger partial charge in [0.15, 0.2) is 0 Å². The van der Waals surface area contributed by atoms with E-state index in [0.717, 1.165) is 10.2 Å². The molecular weight excluding hydrogens is 196 g/mol. The SMILES string of the molecule is COc1ncnc(Br)c1C. The summed E-state index contributed by atoms with van der Waals surface area (Å²) in [4.78, 5) is 7.81. The third-order valence-electron chi connectivity index (χ3n) is 1.17. The molecule has 3 nitrogen and oxygen atoms in total. The second kappa shape index (κ2) is 2.96. The summed E-state index contributed by atoms with van der Waals surface area (Å²) in [5, 5.41) is 0. The Bertz CT molecular complexity index is 239. The van der Waals surface area contributed by atoms with Crippen LogP contribution in [0, 0.1) is 6.92 Å². The second-order valence-corrected chi connectivity index (χ2v) is 2.55. The summed E-state index contributed by atoms with van der Waals surface area (Å²) in [7, 11) is 1.59. The van der Waals surface area contributed by atoms with Crippen molar-refractivity contribution in [1.82, 2.24) is 9.97 Å². The molecule has 0 aromatic carbocycles. The summed E-state index contributed by atoms with van der Waals surface area (Å²) in [6, 6.07) is 0. The summed E-state index contributed by atoms with van der Waals surface area (Å²) in [6.45, 7) is 1.89. The lowest BCUT2D eigenvalue weighted by Crippen LogP contribution is -1.92. The van der Waals surface area contributed by atoms with Gasteiger partial charge in [-0.2, -0.15) is 0 Å². The fraction of sp³-hybridized carbons (Fsp3) is 0.333. The first-order chi connectivity index (χ1) is 4.75. The minimum Gasteiger partial charge on any atom is -0.481 e. The molecule has 1 aromatic rings. The Morgan fingerprint density at radius 2 is 2.20 bits per heavy atom. The lowest BCUT2D eigenvalue weighted by Gasteiger charge is -2.01. The summed E-state index contributed by atoms with van der Waals surface area (Å²) >= 11 is 3.26. The molecule has 0 saturated carbocycles. The van der Waals surface area contributed by atoms with Crippen LogP contribution in [0.5, 0.6) is 5.88 Å². The quantitative estimate of drug-likeness (QED) is 0.649. The fourth-order valence-electron chi connectivity index (χ4n) is 0.620. The van der Waals surface area contributed by atoms with Crippen molar-refractivity contribution in [2.75, 3.05) is 7.11 Å². The van der Waals surface area contributed by atoms with E-state index < -0.39 is 0 Å². The Kier molecular flexibility index (Phi) is 2.21. The maximum absolute atomic E-state index is 4.94. The minimum atomic E-state index is 0.613. The zero-order valence-electron chi connectivity index (χ0n) is 5.76. The highest BCUT2D eigenvalue weighted by atomic mass is 79.9. The van der Waals surface area contributed by atoms with E-state index in [1.54, 1.807) is 7.11 Å². The van der Waals surface area contributed by atoms with E-state index in [1.165, 1.54) is 6.33 Å². The molecule has 1 rings (SSSR count). The van der Waals surface area contributed by atoms with Crippen LogP contribution in [-0.4, -0.2) is 17.1 Å². The average molecular weight is 203 g/mol. The van der Waals surface area contributed by atoms with Gasteiger partial charge < -0.3 is 4.74 Å². The normalized spacial score (nSPS) is 9.50. The molecular formula is C6H7BrN2O. The number of nitrogens with zero attached hydrogens (tertiary/aromatic N) is 2. The molecule has 0 aliphatic rings. The first-order valence-electron chi connectivity index (χ1n) is 2.76. The van der Waals surface area contributed by atoms with Crippen molar-refractivity contribution in [3.05, 3.63) is 16.5 Å². The summed E-state index contributed by atoms with van der Waals surface area (Å²) in [6.07, 6.45) is 1.45. The maximum Gasteiger partial charge on any atom is 0.220 e. The van der Waals surface area contributed by atoms with Crippen LogP contribution in [0.25, 0.3) is 0 Å². The molecule has 0 unspecified atom stereocenters. The zero-order valence-corrected chi connectivity index (χ0v) is 7.34. The van der Waals surface area contributed by atoms with Crippen LogP contribution < -0.4 is 4.74 Å². The number of methoxy groups -OCH3 is 1. The van der Waals surface area contributed by atoms with E-state index in [9.17, 15) is 0 Å². The average Bonchev–Trinajstić information content (AvgIpc) is 1.95. The highest BCUT2D eigenvalue weighted by Crippen LogP contribution is 2.19. The van der Waals surface area contributed by atoms with Crippen molar-refractivity contribution in [1.29, 1.82) is 0 Å². The third-order valence-corrected chi connectivity index (χ3v) is 1.97. The van der Waals surface area contributed by atoms with Gasteiger partial charge in [-0.25, -0.2) is 9.97 Å². The predicted octanol–water partition coefficient (Wildman–Crippen LogP) is 1.56. The van der Waals surface area contributed by atoms with Gasteiger partial charge in [0.05, 0.1) is 7.11 Å². The molecule has 0 bridgehead atoms. The number of halogens is 1. The smallest absolute Gasteiger partial charge is 0.220 e. The van der Waals surface area contributed by atoms with Gasteiger partial charge in [-0.3, -0.25) is 0 Å². The fourth-order valence-corrected chi connectivity index (χ4v) is 0.881. The van der Waals surface area contributed by atoms with E-state index in [-0.39, 0.29) is 0 Å². The first kappa shape index (κ1) is 7.47. The zero-order chi connectivity index (χ0) is 7.56. The Morgan fingerprint density at radius 1 is 1.50 bits per heavy atom. The molecule has 1 aromatic heterocycles. The van der Waals surface area contributed by atoms with Gasteiger partial charge in [0.25, 0.3) is 0 Å². The van der Waals surface area contributed by atoms with Gasteiger partial charge in [-0.05, 0) is 22.9 Å². The first-order valence-corrected chi connectivity index (χ1v) is 3.56. The van der Waals surface area contributed by atoms with E-state index in [4.69, 9.17) is 4.74 Å². The molecule has 4 heteroatoms. The molecule has 0 aliphatic carbocycles. The van der Waals surface area contributed by atoms with Crippen LogP contribution in [0.4, 0.5) is 0 Å². The lowest BCUT2D eigenvalue weighted by atomic mass is 10.4. The van der Waals surface area contributed by atoms with E-state index in [1.807, 2.05) is 6.92 Å². The maximum atomic E-state index is 4.94. The summed E-state index contributed by atoms with van der Waals surface area (Å²) < 4.78 is 5.72. The number of hydrogen-bond acceptors (Lipinski definition) is 3. The molecule has 0 spiro atoms. The standard InChI is InChI=1S/C6H7BrN2O/c1-4-5(7)8-3-9-6(4)10-2/h3H,1-2H3. The van der Waals surface area contributed by atoms with Crippen molar-refractivity contribution in [3.8, 4) is 5.88 Å². The van der Waals surface area contributed by atoms with Gasteiger partial charge >= 0.3 is 0 Å². The van der Waals surface area contributed by atoms with Crippen LogP contribution in [-0.2, 0) is 0 Å². The van der Waals surface area contributed by atoms with Gasteiger partial charge in [0, 0.05) is 5.56 Å². The highest BCUT2D eigenvalue weighted by Gasteiger charge is 2.02. The van der Waals surface area contributed by atoms with Crippen molar-refractivity contribution >= 4 is 15.9 Å². The molecule has 0 radical (unpaired) electrons. The van der Waals surface area contributed by atoms with Crippen LogP contribution in [0.1, 0.15) is 5.56 Å². The molecule has 0 amide bonds. The van der Waals surface area contributed by atoms with Crippen molar-refractivity contribution in [3.63, 3.8) is 0 Å². The number of aromatic nitrogens is 2. The lowest BCUT2D eigenvalue weighted by molar-refractivity contribution is 0.392. The molecule has 54 valence electrons. The summed E-state index contributed by atoms with van der Waals surface area (Å²) in [5.41, 5.74) is 0.921. The third kappa shape index (κ3) is 1.26. The Balaban J connectivity index is 3.14. The Morgan fingerprint density at radius 3 is 2.70 bits per heavy atom. The Hall–Kier alpha value is -0.640. The van der Waals surface area contributed by atoms with E-state index in [2.05, 4.69) is 25.9 Å². The van der Waals surface area contributed by atoms with Crippen molar-refractivity contribution in [2.45, 2.75) is 6.92 Å². The van der Waals surface area contributed by atoms with Crippen LogP contribution in [0.15, 0.2) is 10.9 Å². The molecule has 0 saturated heterocycles. The van der Waals surface area contributed by atoms with Crippen molar-refractivity contribution in [2.24, 2.45) is 0 Å². The Labute approximate surface area is 67.6 Å². The molecule has 0 atom stereocenters. The molecule has 10 heavy (non-hydrogen) atoms. The van der Waals surface area contributed by atoms with Crippen molar-refractivity contribution < 1.29 is 4.74 Å². The van der Waals surface area contributed by atoms with Gasteiger partial charge in [0.2, 0.25) is 5.88 Å². The minimum absolute atomic E-state index is 0.613. The van der Waals surface area contributed by atoms with Crippen LogP contribution >= 0.6 is 15.9 Å². The largest absolute Gasteiger partial charge is 0.481 e. The highest BCUT2D eigenvalue weighted by molar-refractivity contribution is 9.10. The number of ether oxygens (including phenoxy) is 1. The van der Waals surface area contributed by atoms with Gasteiger partial charge in [-0.15, -0.1) is 0 Å². The number of hydrogen-bond donors (Lipinski definition) is 0. The van der Waals surface area contributed by atoms with Gasteiger partial charge in [-0.1, -0.05) is 0 Å². The number of rotatable bonds is 1.